The van der Waals surface area contributed by atoms with Crippen molar-refractivity contribution in [3.8, 4) is 5.88 Å². The highest BCUT2D eigenvalue weighted by molar-refractivity contribution is 6.04. The molecule has 2 saturated carbocycles. The Morgan fingerprint density at radius 3 is 2.83 bits per heavy atom. The highest BCUT2D eigenvalue weighted by Crippen LogP contribution is 2.58. The largest absolute Gasteiger partial charge is 0.474 e. The number of nitrogens with one attached hydrogen (secondary N) is 2. The third kappa shape index (κ3) is 3.50. The van der Waals surface area contributed by atoms with Crippen LogP contribution in [0.3, 0.4) is 0 Å². The number of imide groups is 1. The topological polar surface area (TPSA) is 144 Å². The number of nitrogens with zero attached hydrogens (tertiary/aromatic N) is 2. The Morgan fingerprint density at radius 2 is 2.14 bits per heavy atom. The summed E-state index contributed by atoms with van der Waals surface area (Å²) in [6, 6.07) is 2.16. The van der Waals surface area contributed by atoms with Gasteiger partial charge in [-0.25, -0.2) is 9.78 Å². The van der Waals surface area contributed by atoms with Crippen molar-refractivity contribution < 1.29 is 23.9 Å². The van der Waals surface area contributed by atoms with Gasteiger partial charge in [-0.2, -0.15) is 0 Å². The molecule has 10 nitrogen and oxygen atoms in total. The van der Waals surface area contributed by atoms with Gasteiger partial charge in [0.1, 0.15) is 17.7 Å². The second-order valence-corrected chi connectivity index (χ2v) is 8.00. The average molecular weight is 401 g/mol. The fourth-order valence-electron chi connectivity index (χ4n) is 4.65. The molecule has 4 N–H and O–H groups in total. The first-order chi connectivity index (χ1) is 13.9. The molecular formula is C19H23N5O5. The van der Waals surface area contributed by atoms with Gasteiger partial charge in [0.25, 0.3) is 11.8 Å². The molecule has 0 radical (unpaired) electrons. The van der Waals surface area contributed by atoms with E-state index in [0.717, 1.165) is 25.7 Å². The summed E-state index contributed by atoms with van der Waals surface area (Å²) in [7, 11) is 0. The number of rotatable bonds is 8. The Kier molecular flexibility index (Phi) is 4.85. The number of nitrogens with two attached hydrogens (primary N) is 1. The monoisotopic (exact) mass is 401 g/mol. The van der Waals surface area contributed by atoms with Crippen LogP contribution in [0.2, 0.25) is 0 Å². The third-order valence-corrected chi connectivity index (χ3v) is 6.05. The van der Waals surface area contributed by atoms with Crippen LogP contribution in [0.4, 0.5) is 4.79 Å². The molecule has 5 amide bonds. The average Bonchev–Trinajstić information content (AvgIpc) is 2.90. The Bertz CT molecular complexity index is 845. The number of pyridine rings is 1. The first-order valence-electron chi connectivity index (χ1n) is 9.64. The van der Waals surface area contributed by atoms with Gasteiger partial charge in [-0.3, -0.25) is 19.3 Å². The standard InChI is InChI=1S/C19H23N5O5/c20-15(26)13-2-1-4-22-16(13)29-12-8-19(9-12)6-11(7-19)24-17(27)14(23-18(24)28)3-5-21-10-25/h1-2,4,10-12,14H,3,5-9H2,(H2,20,26)(H,21,25)(H,23,28). The van der Waals surface area contributed by atoms with E-state index in [2.05, 4.69) is 15.6 Å². The van der Waals surface area contributed by atoms with Crippen LogP contribution in [0, 0.1) is 5.41 Å². The molecule has 2 heterocycles. The Balaban J connectivity index is 1.28. The van der Waals surface area contributed by atoms with Crippen molar-refractivity contribution in [2.45, 2.75) is 50.3 Å². The van der Waals surface area contributed by atoms with Crippen molar-refractivity contribution in [1.82, 2.24) is 20.5 Å². The molecule has 0 aromatic carbocycles. The van der Waals surface area contributed by atoms with E-state index in [1.54, 1.807) is 18.3 Å². The summed E-state index contributed by atoms with van der Waals surface area (Å²) < 4.78 is 5.84. The number of primary amides is 1. The fraction of sp³-hybridized carbons (Fsp3) is 0.526. The van der Waals surface area contributed by atoms with Gasteiger partial charge in [-0.15, -0.1) is 0 Å². The number of amides is 5. The van der Waals surface area contributed by atoms with E-state index in [9.17, 15) is 19.2 Å². The molecule has 0 bridgehead atoms. The molecule has 3 aliphatic rings. The van der Waals surface area contributed by atoms with Gasteiger partial charge in [0.15, 0.2) is 0 Å². The molecule has 2 aliphatic carbocycles. The lowest BCUT2D eigenvalue weighted by atomic mass is 9.52. The molecule has 4 rings (SSSR count). The quantitative estimate of drug-likeness (QED) is 0.316. The highest BCUT2D eigenvalue weighted by atomic mass is 16.5. The van der Waals surface area contributed by atoms with E-state index in [0.29, 0.717) is 19.4 Å². The van der Waals surface area contributed by atoms with Crippen LogP contribution in [0.25, 0.3) is 0 Å². The van der Waals surface area contributed by atoms with E-state index >= 15 is 0 Å². The number of aromatic nitrogens is 1. The van der Waals surface area contributed by atoms with Crippen molar-refractivity contribution in [1.29, 1.82) is 0 Å². The van der Waals surface area contributed by atoms with Gasteiger partial charge in [-0.1, -0.05) is 0 Å². The maximum absolute atomic E-state index is 12.5. The van der Waals surface area contributed by atoms with Crippen molar-refractivity contribution in [3.63, 3.8) is 0 Å². The lowest BCUT2D eigenvalue weighted by Gasteiger charge is -2.58. The van der Waals surface area contributed by atoms with Crippen LogP contribution in [-0.4, -0.2) is 58.9 Å². The molecule has 3 fully saturated rings. The van der Waals surface area contributed by atoms with E-state index in [-0.39, 0.29) is 40.9 Å². The summed E-state index contributed by atoms with van der Waals surface area (Å²) in [5.41, 5.74) is 5.67. The molecule has 154 valence electrons. The van der Waals surface area contributed by atoms with Crippen molar-refractivity contribution in [2.24, 2.45) is 11.1 Å². The maximum atomic E-state index is 12.5. The summed E-state index contributed by atoms with van der Waals surface area (Å²) in [6.45, 7) is 0.336. The van der Waals surface area contributed by atoms with Crippen molar-refractivity contribution >= 4 is 24.3 Å². The number of carbonyl (C=O) groups is 4. The van der Waals surface area contributed by atoms with E-state index in [1.807, 2.05) is 0 Å². The molecule has 1 aromatic rings. The highest BCUT2D eigenvalue weighted by Gasteiger charge is 2.58. The molecule has 1 saturated heterocycles. The molecule has 1 aliphatic heterocycles. The van der Waals surface area contributed by atoms with E-state index < -0.39 is 11.9 Å². The summed E-state index contributed by atoms with van der Waals surface area (Å²) in [6.07, 6.45) is 5.50. The lowest BCUT2D eigenvalue weighted by molar-refractivity contribution is -0.141. The number of urea groups is 1. The fourth-order valence-corrected chi connectivity index (χ4v) is 4.65. The van der Waals surface area contributed by atoms with Crippen LogP contribution in [-0.2, 0) is 9.59 Å². The van der Waals surface area contributed by atoms with Crippen LogP contribution in [0.5, 0.6) is 5.88 Å². The Labute approximate surface area is 167 Å². The second-order valence-electron chi connectivity index (χ2n) is 8.00. The number of ether oxygens (including phenoxy) is 1. The molecule has 1 atom stereocenters. The molecule has 29 heavy (non-hydrogen) atoms. The van der Waals surface area contributed by atoms with Crippen molar-refractivity contribution in [2.75, 3.05) is 6.54 Å². The Morgan fingerprint density at radius 1 is 1.38 bits per heavy atom. The minimum Gasteiger partial charge on any atom is -0.474 e. The molecule has 1 spiro atoms. The summed E-state index contributed by atoms with van der Waals surface area (Å²) >= 11 is 0. The first kappa shape index (κ1) is 19.2. The minimum atomic E-state index is -0.583. The molecule has 1 unspecified atom stereocenters. The SMILES string of the molecule is NC(=O)c1cccnc1OC1CC2(C1)CC(N1C(=O)NC(CCNC=O)C1=O)C2. The normalized spacial score (nSPS) is 30.3. The Hall–Kier alpha value is -3.17. The zero-order valence-electron chi connectivity index (χ0n) is 15.8. The summed E-state index contributed by atoms with van der Waals surface area (Å²) in [4.78, 5) is 52.0. The smallest absolute Gasteiger partial charge is 0.325 e. The molecular weight excluding hydrogens is 378 g/mol. The first-order valence-corrected chi connectivity index (χ1v) is 9.64. The third-order valence-electron chi connectivity index (χ3n) is 6.05. The summed E-state index contributed by atoms with van der Waals surface area (Å²) in [5.74, 6) is -0.562. The van der Waals surface area contributed by atoms with E-state index in [4.69, 9.17) is 10.5 Å². The number of hydrogen-bond acceptors (Lipinski definition) is 6. The van der Waals surface area contributed by atoms with Gasteiger partial charge < -0.3 is 21.1 Å². The molecule has 10 heteroatoms. The molecule has 1 aromatic heterocycles. The van der Waals surface area contributed by atoms with Crippen molar-refractivity contribution in [3.05, 3.63) is 23.9 Å². The van der Waals surface area contributed by atoms with Crippen LogP contribution in [0.15, 0.2) is 18.3 Å². The number of hydrogen-bond donors (Lipinski definition) is 3. The van der Waals surface area contributed by atoms with Gasteiger partial charge in [0, 0.05) is 18.8 Å². The van der Waals surface area contributed by atoms with Crippen LogP contribution < -0.4 is 21.1 Å². The zero-order chi connectivity index (χ0) is 20.6. The van der Waals surface area contributed by atoms with Crippen LogP contribution >= 0.6 is 0 Å². The van der Waals surface area contributed by atoms with E-state index in [1.165, 1.54) is 4.90 Å². The van der Waals surface area contributed by atoms with Crippen LogP contribution in [0.1, 0.15) is 42.5 Å². The lowest BCUT2D eigenvalue weighted by Crippen LogP contribution is -2.60. The van der Waals surface area contributed by atoms with Gasteiger partial charge in [-0.05, 0) is 49.7 Å². The predicted octanol–water partition coefficient (Wildman–Crippen LogP) is -0.0730. The predicted molar refractivity (Wildman–Crippen MR) is 99.7 cm³/mol. The van der Waals surface area contributed by atoms with Gasteiger partial charge in [0.05, 0.1) is 0 Å². The second kappa shape index (κ2) is 7.34. The van der Waals surface area contributed by atoms with Gasteiger partial charge >= 0.3 is 6.03 Å². The summed E-state index contributed by atoms with van der Waals surface area (Å²) in [5, 5.41) is 5.19. The minimum absolute atomic E-state index is 0.0609. The van der Waals surface area contributed by atoms with Gasteiger partial charge in [0.2, 0.25) is 12.3 Å². The zero-order valence-corrected chi connectivity index (χ0v) is 15.8. The number of carbonyl (C=O) groups excluding carboxylic acids is 4. The maximum Gasteiger partial charge on any atom is 0.325 e.